The number of halogens is 2. The molecule has 1 atom stereocenters. The Morgan fingerprint density at radius 3 is 2.27 bits per heavy atom. The van der Waals surface area contributed by atoms with E-state index >= 15 is 0 Å². The lowest BCUT2D eigenvalue weighted by Gasteiger charge is -2.15. The van der Waals surface area contributed by atoms with Crippen LogP contribution >= 0.6 is 23.2 Å². The normalized spacial score (nSPS) is 12.4. The third kappa shape index (κ3) is 4.72. The molecule has 158 valence electrons. The van der Waals surface area contributed by atoms with Crippen LogP contribution in [0.25, 0.3) is 0 Å². The second-order valence-corrected chi connectivity index (χ2v) is 8.91. The van der Waals surface area contributed by atoms with Crippen LogP contribution in [0.2, 0.25) is 10.2 Å². The summed E-state index contributed by atoms with van der Waals surface area (Å²) in [6.07, 6.45) is 0. The summed E-state index contributed by atoms with van der Waals surface area (Å²) in [5.41, 5.74) is 1.76. The summed E-state index contributed by atoms with van der Waals surface area (Å²) in [5.74, 6) is -0.281. The van der Waals surface area contributed by atoms with E-state index in [0.29, 0.717) is 22.1 Å². The molecule has 1 unspecified atom stereocenters. The largest absolute Gasteiger partial charge is 0.324 e. The SMILES string of the molecule is Cc1nn(C(C)C(=O)Nc2ccc(S(=O)(=O)Nc3ccc(Cl)nn3)cc2)c(C)c1Cl. The molecule has 0 saturated carbocycles. The predicted molar refractivity (Wildman–Crippen MR) is 114 cm³/mol. The molecular formula is C18H18Cl2N6O3S. The molecule has 9 nitrogen and oxygen atoms in total. The highest BCUT2D eigenvalue weighted by atomic mass is 35.5. The molecular weight excluding hydrogens is 451 g/mol. The highest BCUT2D eigenvalue weighted by Gasteiger charge is 2.21. The summed E-state index contributed by atoms with van der Waals surface area (Å²) in [7, 11) is -3.88. The average Bonchev–Trinajstić information content (AvgIpc) is 2.96. The molecule has 1 aromatic carbocycles. The van der Waals surface area contributed by atoms with Gasteiger partial charge in [0, 0.05) is 5.69 Å². The molecule has 12 heteroatoms. The van der Waals surface area contributed by atoms with Crippen molar-refractivity contribution in [3.05, 3.63) is 58.0 Å². The van der Waals surface area contributed by atoms with Crippen molar-refractivity contribution in [3.8, 4) is 0 Å². The maximum Gasteiger partial charge on any atom is 0.263 e. The molecule has 3 rings (SSSR count). The smallest absolute Gasteiger partial charge is 0.263 e. The standard InChI is InChI=1S/C18H18Cl2N6O3S/c1-10-17(20)11(2)26(24-10)12(3)18(27)21-13-4-6-14(7-5-13)30(28,29)25-16-9-8-15(19)22-23-16/h4-9,12H,1-3H3,(H,21,27)(H,23,25). The molecule has 0 radical (unpaired) electrons. The minimum Gasteiger partial charge on any atom is -0.324 e. The monoisotopic (exact) mass is 468 g/mol. The molecule has 3 aromatic rings. The van der Waals surface area contributed by atoms with Crippen molar-refractivity contribution in [2.24, 2.45) is 0 Å². The lowest BCUT2D eigenvalue weighted by Crippen LogP contribution is -2.25. The van der Waals surface area contributed by atoms with Crippen molar-refractivity contribution in [1.29, 1.82) is 0 Å². The first-order valence-corrected chi connectivity index (χ1v) is 11.0. The van der Waals surface area contributed by atoms with E-state index in [2.05, 4.69) is 25.3 Å². The number of benzene rings is 1. The lowest BCUT2D eigenvalue weighted by molar-refractivity contribution is -0.119. The number of amides is 1. The van der Waals surface area contributed by atoms with Crippen LogP contribution in [0.3, 0.4) is 0 Å². The van der Waals surface area contributed by atoms with Crippen LogP contribution in [-0.4, -0.2) is 34.3 Å². The first-order chi connectivity index (χ1) is 14.1. The Labute approximate surface area is 183 Å². The third-order valence-corrected chi connectivity index (χ3v) is 6.41. The molecule has 30 heavy (non-hydrogen) atoms. The van der Waals surface area contributed by atoms with Crippen LogP contribution in [0, 0.1) is 13.8 Å². The van der Waals surface area contributed by atoms with E-state index in [4.69, 9.17) is 23.2 Å². The zero-order chi connectivity index (χ0) is 22.1. The van der Waals surface area contributed by atoms with Crippen LogP contribution < -0.4 is 10.0 Å². The number of sulfonamides is 1. The second-order valence-electron chi connectivity index (χ2n) is 6.47. The summed E-state index contributed by atoms with van der Waals surface area (Å²) < 4.78 is 28.8. The van der Waals surface area contributed by atoms with Crippen molar-refractivity contribution >= 4 is 50.6 Å². The van der Waals surface area contributed by atoms with Gasteiger partial charge in [0.15, 0.2) is 11.0 Å². The number of hydrogen-bond donors (Lipinski definition) is 2. The van der Waals surface area contributed by atoms with E-state index in [9.17, 15) is 13.2 Å². The number of rotatable bonds is 6. The number of hydrogen-bond acceptors (Lipinski definition) is 6. The van der Waals surface area contributed by atoms with Gasteiger partial charge in [-0.1, -0.05) is 23.2 Å². The number of aromatic nitrogens is 4. The Kier molecular flexibility index (Phi) is 6.30. The Balaban J connectivity index is 1.71. The molecule has 2 N–H and O–H groups in total. The fourth-order valence-corrected chi connectivity index (χ4v) is 3.88. The van der Waals surface area contributed by atoms with Crippen molar-refractivity contribution in [2.75, 3.05) is 10.0 Å². The first-order valence-electron chi connectivity index (χ1n) is 8.72. The van der Waals surface area contributed by atoms with Crippen molar-refractivity contribution in [2.45, 2.75) is 31.7 Å². The minimum atomic E-state index is -3.88. The van der Waals surface area contributed by atoms with Gasteiger partial charge < -0.3 is 5.32 Å². The molecule has 0 aliphatic heterocycles. The number of aryl methyl sites for hydroxylation is 1. The zero-order valence-corrected chi connectivity index (χ0v) is 18.5. The van der Waals surface area contributed by atoms with E-state index in [0.717, 1.165) is 0 Å². The van der Waals surface area contributed by atoms with Crippen LogP contribution in [0.15, 0.2) is 41.3 Å². The number of carbonyl (C=O) groups excluding carboxylic acids is 1. The van der Waals surface area contributed by atoms with Gasteiger partial charge in [0.2, 0.25) is 5.91 Å². The van der Waals surface area contributed by atoms with E-state index in [1.165, 1.54) is 36.4 Å². The molecule has 2 heterocycles. The van der Waals surface area contributed by atoms with Gasteiger partial charge in [0.25, 0.3) is 10.0 Å². The van der Waals surface area contributed by atoms with E-state index < -0.39 is 16.1 Å². The van der Waals surface area contributed by atoms with Gasteiger partial charge in [-0.05, 0) is 57.2 Å². The Hall–Kier alpha value is -2.69. The summed E-state index contributed by atoms with van der Waals surface area (Å²) in [4.78, 5) is 12.6. The summed E-state index contributed by atoms with van der Waals surface area (Å²) in [6, 6.07) is 7.92. The van der Waals surface area contributed by atoms with Crippen molar-refractivity contribution < 1.29 is 13.2 Å². The van der Waals surface area contributed by atoms with E-state index in [1.807, 2.05) is 0 Å². The summed E-state index contributed by atoms with van der Waals surface area (Å²) in [6.45, 7) is 5.24. The third-order valence-electron chi connectivity index (χ3n) is 4.29. The van der Waals surface area contributed by atoms with Gasteiger partial charge in [0.05, 0.1) is 21.3 Å². The topological polar surface area (TPSA) is 119 Å². The number of anilines is 2. The van der Waals surface area contributed by atoms with Crippen molar-refractivity contribution in [3.63, 3.8) is 0 Å². The van der Waals surface area contributed by atoms with Gasteiger partial charge in [-0.3, -0.25) is 14.2 Å². The predicted octanol–water partition coefficient (Wildman–Crippen LogP) is 3.60. The Bertz CT molecular complexity index is 1180. The molecule has 0 spiro atoms. The lowest BCUT2D eigenvalue weighted by atomic mass is 10.2. The summed E-state index contributed by atoms with van der Waals surface area (Å²) >= 11 is 11.8. The maximum atomic E-state index is 12.6. The highest BCUT2D eigenvalue weighted by Crippen LogP contribution is 2.23. The van der Waals surface area contributed by atoms with Gasteiger partial charge in [-0.25, -0.2) is 8.42 Å². The van der Waals surface area contributed by atoms with Crippen molar-refractivity contribution in [1.82, 2.24) is 20.0 Å². The van der Waals surface area contributed by atoms with Gasteiger partial charge in [-0.15, -0.1) is 10.2 Å². The number of nitrogens with zero attached hydrogens (tertiary/aromatic N) is 4. The minimum absolute atomic E-state index is 0.00405. The molecule has 2 aromatic heterocycles. The zero-order valence-electron chi connectivity index (χ0n) is 16.2. The number of nitrogens with one attached hydrogen (secondary N) is 2. The second kappa shape index (κ2) is 8.58. The first kappa shape index (κ1) is 22.0. The Morgan fingerprint density at radius 1 is 1.07 bits per heavy atom. The molecule has 0 aliphatic rings. The fourth-order valence-electron chi connectivity index (χ4n) is 2.66. The molecule has 1 amide bonds. The molecule has 0 fully saturated rings. The molecule has 0 bridgehead atoms. The van der Waals surface area contributed by atoms with E-state index in [1.54, 1.807) is 25.5 Å². The average molecular weight is 469 g/mol. The highest BCUT2D eigenvalue weighted by molar-refractivity contribution is 7.92. The Morgan fingerprint density at radius 2 is 1.73 bits per heavy atom. The van der Waals surface area contributed by atoms with Gasteiger partial charge >= 0.3 is 0 Å². The van der Waals surface area contributed by atoms with Gasteiger partial charge in [-0.2, -0.15) is 5.10 Å². The number of carbonyl (C=O) groups is 1. The van der Waals surface area contributed by atoms with Crippen LogP contribution in [0.4, 0.5) is 11.5 Å². The maximum absolute atomic E-state index is 12.6. The van der Waals surface area contributed by atoms with E-state index in [-0.39, 0.29) is 21.8 Å². The molecule has 0 saturated heterocycles. The van der Waals surface area contributed by atoms with Gasteiger partial charge in [0.1, 0.15) is 6.04 Å². The van der Waals surface area contributed by atoms with Crippen LogP contribution in [0.5, 0.6) is 0 Å². The van der Waals surface area contributed by atoms with Crippen LogP contribution in [0.1, 0.15) is 24.4 Å². The summed E-state index contributed by atoms with van der Waals surface area (Å²) in [5, 5.41) is 14.9. The quantitative estimate of drug-likeness (QED) is 0.570. The van der Waals surface area contributed by atoms with Crippen LogP contribution in [-0.2, 0) is 14.8 Å². The fraction of sp³-hybridized carbons (Fsp3) is 0.222. The molecule has 0 aliphatic carbocycles.